The highest BCUT2D eigenvalue weighted by Gasteiger charge is 2.16. The van der Waals surface area contributed by atoms with Crippen LogP contribution in [0.2, 0.25) is 0 Å². The summed E-state index contributed by atoms with van der Waals surface area (Å²) in [5.41, 5.74) is 3.98. The van der Waals surface area contributed by atoms with E-state index in [1.54, 1.807) is 6.20 Å². The van der Waals surface area contributed by atoms with Gasteiger partial charge in [-0.1, -0.05) is 6.07 Å². The number of carbonyl (C=O) groups is 1. The van der Waals surface area contributed by atoms with Crippen molar-refractivity contribution in [2.24, 2.45) is 0 Å². The van der Waals surface area contributed by atoms with Crippen molar-refractivity contribution in [2.75, 3.05) is 12.4 Å². The van der Waals surface area contributed by atoms with Gasteiger partial charge < -0.3 is 5.32 Å². The molecule has 92 valence electrons. The van der Waals surface area contributed by atoms with Crippen LogP contribution in [0.5, 0.6) is 0 Å². The molecule has 0 atom stereocenters. The molecule has 0 saturated heterocycles. The lowest BCUT2D eigenvalue weighted by Gasteiger charge is -2.05. The largest absolute Gasteiger partial charge is 0.322 e. The molecule has 0 radical (unpaired) electrons. The van der Waals surface area contributed by atoms with Gasteiger partial charge in [0.25, 0.3) is 5.91 Å². The predicted octanol–water partition coefficient (Wildman–Crippen LogP) is 1.61. The Morgan fingerprint density at radius 2 is 2.22 bits per heavy atom. The van der Waals surface area contributed by atoms with Crippen LogP contribution in [0.3, 0.4) is 0 Å². The predicted molar refractivity (Wildman–Crippen MR) is 68.2 cm³/mol. The molecule has 2 N–H and O–H groups in total. The van der Waals surface area contributed by atoms with E-state index < -0.39 is 0 Å². The zero-order chi connectivity index (χ0) is 12.5. The van der Waals surface area contributed by atoms with Crippen molar-refractivity contribution in [3.05, 3.63) is 47.3 Å². The van der Waals surface area contributed by atoms with Crippen molar-refractivity contribution >= 4 is 11.6 Å². The van der Waals surface area contributed by atoms with Crippen LogP contribution in [0.4, 0.5) is 5.69 Å². The number of aromatic nitrogens is 2. The maximum Gasteiger partial charge on any atom is 0.258 e. The molecule has 0 spiro atoms. The van der Waals surface area contributed by atoms with Gasteiger partial charge in [-0.25, -0.2) is 0 Å². The zero-order valence-corrected chi connectivity index (χ0v) is 10.1. The number of amides is 1. The fourth-order valence-corrected chi connectivity index (χ4v) is 2.22. The van der Waals surface area contributed by atoms with E-state index in [1.807, 2.05) is 12.1 Å². The summed E-state index contributed by atoms with van der Waals surface area (Å²) >= 11 is 0. The lowest BCUT2D eigenvalue weighted by molar-refractivity contribution is 0.102. The van der Waals surface area contributed by atoms with Gasteiger partial charge in [0.2, 0.25) is 0 Å². The van der Waals surface area contributed by atoms with Crippen molar-refractivity contribution < 1.29 is 4.79 Å². The molecule has 1 aromatic carbocycles. The number of benzene rings is 1. The highest BCUT2D eigenvalue weighted by molar-refractivity contribution is 6.03. The highest BCUT2D eigenvalue weighted by atomic mass is 16.1. The quantitative estimate of drug-likeness (QED) is 0.841. The van der Waals surface area contributed by atoms with E-state index in [9.17, 15) is 4.79 Å². The molecule has 0 aliphatic carbocycles. The number of hydrogen-bond acceptors (Lipinski definition) is 3. The molecule has 1 amide bonds. The van der Waals surface area contributed by atoms with Gasteiger partial charge in [0.15, 0.2) is 0 Å². The first-order valence-corrected chi connectivity index (χ1v) is 5.83. The fraction of sp³-hybridized carbons (Fsp3) is 0.231. The second-order valence-electron chi connectivity index (χ2n) is 4.60. The van der Waals surface area contributed by atoms with Crippen LogP contribution < -0.4 is 5.32 Å². The number of anilines is 1. The molecular formula is C13H14N4O. The van der Waals surface area contributed by atoms with Crippen molar-refractivity contribution in [1.82, 2.24) is 15.1 Å². The zero-order valence-electron chi connectivity index (χ0n) is 10.1. The Kier molecular flexibility index (Phi) is 2.60. The van der Waals surface area contributed by atoms with E-state index in [2.05, 4.69) is 33.5 Å². The number of hydrogen-bond donors (Lipinski definition) is 2. The third-order valence-electron chi connectivity index (χ3n) is 3.11. The Hall–Kier alpha value is -2.14. The molecule has 3 rings (SSSR count). The summed E-state index contributed by atoms with van der Waals surface area (Å²) in [5, 5.41) is 9.26. The first-order chi connectivity index (χ1) is 8.72. The van der Waals surface area contributed by atoms with Gasteiger partial charge in [-0.2, -0.15) is 5.10 Å². The third-order valence-corrected chi connectivity index (χ3v) is 3.11. The van der Waals surface area contributed by atoms with Crippen LogP contribution >= 0.6 is 0 Å². The molecule has 2 heterocycles. The van der Waals surface area contributed by atoms with Gasteiger partial charge in [-0.15, -0.1) is 0 Å². The van der Waals surface area contributed by atoms with E-state index in [4.69, 9.17) is 0 Å². The van der Waals surface area contributed by atoms with E-state index in [1.165, 1.54) is 17.3 Å². The van der Waals surface area contributed by atoms with E-state index >= 15 is 0 Å². The van der Waals surface area contributed by atoms with Crippen LogP contribution in [0.1, 0.15) is 21.5 Å². The molecule has 0 saturated carbocycles. The molecule has 0 bridgehead atoms. The van der Waals surface area contributed by atoms with Crippen LogP contribution in [-0.4, -0.2) is 28.1 Å². The number of carbonyl (C=O) groups excluding carboxylic acids is 1. The molecule has 18 heavy (non-hydrogen) atoms. The number of fused-ring (bicyclic) bond motifs is 1. The maximum absolute atomic E-state index is 11.9. The summed E-state index contributed by atoms with van der Waals surface area (Å²) < 4.78 is 0. The van der Waals surface area contributed by atoms with Crippen LogP contribution in [0.25, 0.3) is 0 Å². The van der Waals surface area contributed by atoms with Crippen LogP contribution in [-0.2, 0) is 13.1 Å². The Balaban J connectivity index is 1.78. The molecule has 2 aromatic rings. The smallest absolute Gasteiger partial charge is 0.258 e. The number of nitrogens with zero attached hydrogens (tertiary/aromatic N) is 2. The Morgan fingerprint density at radius 1 is 1.39 bits per heavy atom. The van der Waals surface area contributed by atoms with Crippen molar-refractivity contribution in [3.63, 3.8) is 0 Å². The molecule has 1 aliphatic rings. The SMILES string of the molecule is CN1Cc2ccc(NC(=O)c3cn[nH]c3)cc2C1. The minimum Gasteiger partial charge on any atom is -0.322 e. The van der Waals surface area contributed by atoms with E-state index in [0.29, 0.717) is 5.56 Å². The maximum atomic E-state index is 11.9. The van der Waals surface area contributed by atoms with Gasteiger partial charge >= 0.3 is 0 Å². The number of nitrogens with one attached hydrogen (secondary N) is 2. The Bertz CT molecular complexity index is 577. The summed E-state index contributed by atoms with van der Waals surface area (Å²) in [5.74, 6) is -0.143. The Labute approximate surface area is 105 Å². The summed E-state index contributed by atoms with van der Waals surface area (Å²) in [6.07, 6.45) is 3.09. The lowest BCUT2D eigenvalue weighted by atomic mass is 10.1. The number of aromatic amines is 1. The third kappa shape index (κ3) is 2.00. The van der Waals surface area contributed by atoms with Crippen LogP contribution in [0, 0.1) is 0 Å². The van der Waals surface area contributed by atoms with E-state index in [-0.39, 0.29) is 5.91 Å². The first kappa shape index (κ1) is 11.0. The van der Waals surface area contributed by atoms with Crippen molar-refractivity contribution in [1.29, 1.82) is 0 Å². The van der Waals surface area contributed by atoms with Crippen molar-refractivity contribution in [2.45, 2.75) is 13.1 Å². The van der Waals surface area contributed by atoms with Gasteiger partial charge in [0.1, 0.15) is 0 Å². The summed E-state index contributed by atoms with van der Waals surface area (Å²) in [7, 11) is 2.09. The highest BCUT2D eigenvalue weighted by Crippen LogP contribution is 2.24. The average Bonchev–Trinajstić information content (AvgIpc) is 2.95. The molecular weight excluding hydrogens is 228 g/mol. The van der Waals surface area contributed by atoms with Gasteiger partial charge in [-0.3, -0.25) is 14.8 Å². The first-order valence-electron chi connectivity index (χ1n) is 5.83. The van der Waals surface area contributed by atoms with Gasteiger partial charge in [0, 0.05) is 25.0 Å². The Morgan fingerprint density at radius 3 is 3.00 bits per heavy atom. The lowest BCUT2D eigenvalue weighted by Crippen LogP contribution is -2.11. The second-order valence-corrected chi connectivity index (χ2v) is 4.60. The standard InChI is InChI=1S/C13H14N4O/c1-17-7-9-2-3-12(4-10(9)8-17)16-13(18)11-5-14-15-6-11/h2-6H,7-8H2,1H3,(H,14,15)(H,16,18). The fourth-order valence-electron chi connectivity index (χ4n) is 2.22. The van der Waals surface area contributed by atoms with Gasteiger partial charge in [0.05, 0.1) is 11.8 Å². The topological polar surface area (TPSA) is 61.0 Å². The van der Waals surface area contributed by atoms with Crippen LogP contribution in [0.15, 0.2) is 30.6 Å². The van der Waals surface area contributed by atoms with Gasteiger partial charge in [-0.05, 0) is 30.3 Å². The summed E-state index contributed by atoms with van der Waals surface area (Å²) in [6, 6.07) is 6.05. The molecule has 5 nitrogen and oxygen atoms in total. The summed E-state index contributed by atoms with van der Waals surface area (Å²) in [6.45, 7) is 1.91. The minimum atomic E-state index is -0.143. The number of rotatable bonds is 2. The summed E-state index contributed by atoms with van der Waals surface area (Å²) in [4.78, 5) is 14.1. The monoisotopic (exact) mass is 242 g/mol. The second kappa shape index (κ2) is 4.27. The average molecular weight is 242 g/mol. The minimum absolute atomic E-state index is 0.143. The van der Waals surface area contributed by atoms with E-state index in [0.717, 1.165) is 18.8 Å². The van der Waals surface area contributed by atoms with Crippen molar-refractivity contribution in [3.8, 4) is 0 Å². The number of H-pyrrole nitrogens is 1. The molecule has 0 unspecified atom stereocenters. The molecule has 1 aromatic heterocycles. The molecule has 0 fully saturated rings. The molecule has 1 aliphatic heterocycles. The molecule has 5 heteroatoms. The normalized spacial score (nSPS) is 14.5.